The highest BCUT2D eigenvalue weighted by Gasteiger charge is 2.30. The fourth-order valence-electron chi connectivity index (χ4n) is 2.56. The third-order valence-corrected chi connectivity index (χ3v) is 3.51. The first-order valence-corrected chi connectivity index (χ1v) is 6.13. The fourth-order valence-corrected chi connectivity index (χ4v) is 2.56. The predicted molar refractivity (Wildman–Crippen MR) is 61.3 cm³/mol. The van der Waals surface area contributed by atoms with Crippen molar-refractivity contribution in [2.75, 3.05) is 6.61 Å². The van der Waals surface area contributed by atoms with Crippen LogP contribution in [0.25, 0.3) is 0 Å². The quantitative estimate of drug-likeness (QED) is 0.665. The Morgan fingerprint density at radius 2 is 2.13 bits per heavy atom. The van der Waals surface area contributed by atoms with Crippen molar-refractivity contribution in [1.29, 1.82) is 5.26 Å². The molecule has 0 N–H and O–H groups in total. The summed E-state index contributed by atoms with van der Waals surface area (Å²) in [5, 5.41) is 8.49. The first-order chi connectivity index (χ1) is 7.15. The number of hydrogen-bond donors (Lipinski definition) is 0. The van der Waals surface area contributed by atoms with Gasteiger partial charge in [-0.05, 0) is 30.6 Å². The van der Waals surface area contributed by atoms with E-state index in [9.17, 15) is 0 Å². The monoisotopic (exact) mass is 209 g/mol. The predicted octanol–water partition coefficient (Wildman–Crippen LogP) is 3.38. The van der Waals surface area contributed by atoms with Gasteiger partial charge in [-0.1, -0.05) is 27.2 Å². The second-order valence-corrected chi connectivity index (χ2v) is 5.14. The number of rotatable bonds is 4. The lowest BCUT2D eigenvalue weighted by atomic mass is 9.75. The molecule has 3 unspecified atom stereocenters. The van der Waals surface area contributed by atoms with Crippen molar-refractivity contribution in [1.82, 2.24) is 0 Å². The molecule has 1 saturated carbocycles. The second-order valence-electron chi connectivity index (χ2n) is 5.14. The third kappa shape index (κ3) is 3.83. The number of nitriles is 1. The van der Waals surface area contributed by atoms with Crippen LogP contribution >= 0.6 is 0 Å². The lowest BCUT2D eigenvalue weighted by Gasteiger charge is -2.37. The maximum absolute atomic E-state index is 8.49. The maximum atomic E-state index is 8.49. The van der Waals surface area contributed by atoms with E-state index in [-0.39, 0.29) is 0 Å². The Bertz CT molecular complexity index is 219. The van der Waals surface area contributed by atoms with Gasteiger partial charge in [-0.3, -0.25) is 0 Å². The van der Waals surface area contributed by atoms with Gasteiger partial charge < -0.3 is 4.74 Å². The number of nitrogens with zero attached hydrogens (tertiary/aromatic N) is 1. The summed E-state index contributed by atoms with van der Waals surface area (Å²) < 4.78 is 5.85. The van der Waals surface area contributed by atoms with Crippen LogP contribution in [0, 0.1) is 29.1 Å². The lowest BCUT2D eigenvalue weighted by Crippen LogP contribution is -2.34. The Hall–Kier alpha value is -0.550. The molecular formula is C13H23NO. The van der Waals surface area contributed by atoms with E-state index in [2.05, 4.69) is 26.8 Å². The van der Waals surface area contributed by atoms with Crippen LogP contribution in [0.5, 0.6) is 0 Å². The van der Waals surface area contributed by atoms with Gasteiger partial charge >= 0.3 is 0 Å². The summed E-state index contributed by atoms with van der Waals surface area (Å²) >= 11 is 0. The van der Waals surface area contributed by atoms with E-state index in [0.29, 0.717) is 31.0 Å². The van der Waals surface area contributed by atoms with Gasteiger partial charge in [-0.15, -0.1) is 0 Å². The van der Waals surface area contributed by atoms with Crippen molar-refractivity contribution in [2.45, 2.75) is 52.6 Å². The molecule has 0 aromatic heterocycles. The van der Waals surface area contributed by atoms with Gasteiger partial charge in [-0.25, -0.2) is 0 Å². The van der Waals surface area contributed by atoms with Gasteiger partial charge in [0, 0.05) is 0 Å². The molecule has 0 radical (unpaired) electrons. The minimum absolute atomic E-state index is 0.391. The van der Waals surface area contributed by atoms with Crippen molar-refractivity contribution < 1.29 is 4.74 Å². The Labute approximate surface area is 93.6 Å². The zero-order valence-corrected chi connectivity index (χ0v) is 10.2. The van der Waals surface area contributed by atoms with E-state index in [0.717, 1.165) is 5.92 Å². The zero-order chi connectivity index (χ0) is 11.3. The third-order valence-electron chi connectivity index (χ3n) is 3.51. The highest BCUT2D eigenvalue weighted by atomic mass is 16.5. The highest BCUT2D eigenvalue weighted by Crippen LogP contribution is 2.35. The van der Waals surface area contributed by atoms with Crippen molar-refractivity contribution >= 4 is 0 Å². The summed E-state index contributed by atoms with van der Waals surface area (Å²) in [5.41, 5.74) is 0. The molecule has 15 heavy (non-hydrogen) atoms. The maximum Gasteiger partial charge on any atom is 0.0645 e. The average molecular weight is 209 g/mol. The van der Waals surface area contributed by atoms with Crippen molar-refractivity contribution in [2.24, 2.45) is 17.8 Å². The molecule has 1 rings (SSSR count). The van der Waals surface area contributed by atoms with Crippen LogP contribution in [-0.4, -0.2) is 12.7 Å². The molecule has 0 aromatic rings. The smallest absolute Gasteiger partial charge is 0.0645 e. The molecule has 1 aliphatic carbocycles. The summed E-state index contributed by atoms with van der Waals surface area (Å²) in [6, 6.07) is 2.14. The van der Waals surface area contributed by atoms with Crippen LogP contribution in [0.15, 0.2) is 0 Å². The molecule has 0 bridgehead atoms. The van der Waals surface area contributed by atoms with Crippen molar-refractivity contribution in [3.63, 3.8) is 0 Å². The Morgan fingerprint density at radius 1 is 1.40 bits per heavy atom. The first kappa shape index (κ1) is 12.5. The molecular weight excluding hydrogens is 186 g/mol. The largest absolute Gasteiger partial charge is 0.377 e. The molecule has 0 spiro atoms. The second kappa shape index (κ2) is 6.12. The van der Waals surface area contributed by atoms with Gasteiger partial charge in [0.1, 0.15) is 0 Å². The number of hydrogen-bond acceptors (Lipinski definition) is 2. The van der Waals surface area contributed by atoms with Crippen molar-refractivity contribution in [3.8, 4) is 6.07 Å². The molecule has 3 atom stereocenters. The normalized spacial score (nSPS) is 31.5. The van der Waals surface area contributed by atoms with E-state index in [4.69, 9.17) is 10.00 Å². The molecule has 0 heterocycles. The standard InChI is InChI=1S/C13H23NO/c1-10(2)12-6-5-11(3)9-13(12)15-8-4-7-14/h10-13H,4-6,8-9H2,1-3H3. The van der Waals surface area contributed by atoms with Crippen LogP contribution in [0.2, 0.25) is 0 Å². The van der Waals surface area contributed by atoms with Gasteiger partial charge in [0.2, 0.25) is 0 Å². The van der Waals surface area contributed by atoms with Crippen LogP contribution < -0.4 is 0 Å². The summed E-state index contributed by atoms with van der Waals surface area (Å²) in [5.74, 6) is 2.18. The van der Waals surface area contributed by atoms with E-state index < -0.39 is 0 Å². The van der Waals surface area contributed by atoms with Gasteiger partial charge in [-0.2, -0.15) is 5.26 Å². The molecule has 0 saturated heterocycles. The topological polar surface area (TPSA) is 33.0 Å². The van der Waals surface area contributed by atoms with Crippen LogP contribution in [-0.2, 0) is 4.74 Å². The number of ether oxygens (including phenoxy) is 1. The minimum Gasteiger partial charge on any atom is -0.377 e. The Kier molecular flexibility index (Phi) is 5.11. The molecule has 2 nitrogen and oxygen atoms in total. The molecule has 1 aliphatic rings. The molecule has 0 aliphatic heterocycles. The van der Waals surface area contributed by atoms with E-state index in [1.54, 1.807) is 0 Å². The summed E-state index contributed by atoms with van der Waals surface area (Å²) in [6.07, 6.45) is 4.71. The van der Waals surface area contributed by atoms with Gasteiger partial charge in [0.15, 0.2) is 0 Å². The van der Waals surface area contributed by atoms with E-state index in [1.807, 2.05) is 0 Å². The minimum atomic E-state index is 0.391. The zero-order valence-electron chi connectivity index (χ0n) is 10.2. The Morgan fingerprint density at radius 3 is 2.73 bits per heavy atom. The highest BCUT2D eigenvalue weighted by molar-refractivity contribution is 4.81. The van der Waals surface area contributed by atoms with Gasteiger partial charge in [0.05, 0.1) is 25.2 Å². The summed E-state index contributed by atoms with van der Waals surface area (Å²) in [4.78, 5) is 0. The van der Waals surface area contributed by atoms with Crippen LogP contribution in [0.3, 0.4) is 0 Å². The molecule has 86 valence electrons. The van der Waals surface area contributed by atoms with Crippen LogP contribution in [0.1, 0.15) is 46.5 Å². The molecule has 0 amide bonds. The van der Waals surface area contributed by atoms with Crippen LogP contribution in [0.4, 0.5) is 0 Å². The molecule has 0 aromatic carbocycles. The van der Waals surface area contributed by atoms with Gasteiger partial charge in [0.25, 0.3) is 0 Å². The lowest BCUT2D eigenvalue weighted by molar-refractivity contribution is -0.0360. The van der Waals surface area contributed by atoms with E-state index >= 15 is 0 Å². The first-order valence-electron chi connectivity index (χ1n) is 6.13. The molecule has 2 heteroatoms. The Balaban J connectivity index is 2.43. The van der Waals surface area contributed by atoms with Crippen molar-refractivity contribution in [3.05, 3.63) is 0 Å². The summed E-state index contributed by atoms with van der Waals surface area (Å²) in [7, 11) is 0. The van der Waals surface area contributed by atoms with E-state index in [1.165, 1.54) is 19.3 Å². The fraction of sp³-hybridized carbons (Fsp3) is 0.923. The summed E-state index contributed by atoms with van der Waals surface area (Å²) in [6.45, 7) is 7.47. The molecule has 1 fully saturated rings. The average Bonchev–Trinajstić information content (AvgIpc) is 2.18. The SMILES string of the molecule is CC1CCC(C(C)C)C(OCCC#N)C1.